The second-order valence-electron chi connectivity index (χ2n) is 4.85. The van der Waals surface area contributed by atoms with E-state index in [1.807, 2.05) is 30.3 Å². The Morgan fingerprint density at radius 1 is 1.27 bits per heavy atom. The van der Waals surface area contributed by atoms with Crippen LogP contribution in [0.25, 0.3) is 0 Å². The number of hydrogen-bond donors (Lipinski definition) is 2. The maximum Gasteiger partial charge on any atom is 0.235 e. The maximum absolute atomic E-state index is 11.9. The summed E-state index contributed by atoms with van der Waals surface area (Å²) < 4.78 is 26.0. The Morgan fingerprint density at radius 2 is 2.00 bits per heavy atom. The number of carbonyl (C=O) groups excluding carboxylic acids is 1. The van der Waals surface area contributed by atoms with Gasteiger partial charge in [0.15, 0.2) is 0 Å². The first-order valence-corrected chi connectivity index (χ1v) is 8.59. The molecule has 1 aromatic heterocycles. The molecule has 1 heterocycles. The van der Waals surface area contributed by atoms with Crippen molar-refractivity contribution in [1.29, 1.82) is 0 Å². The van der Waals surface area contributed by atoms with E-state index < -0.39 is 15.9 Å². The summed E-state index contributed by atoms with van der Waals surface area (Å²) in [5.41, 5.74) is 0.922. The fourth-order valence-corrected chi connectivity index (χ4v) is 2.35. The van der Waals surface area contributed by atoms with Crippen LogP contribution in [-0.4, -0.2) is 36.9 Å². The highest BCUT2D eigenvalue weighted by Crippen LogP contribution is 2.14. The Kier molecular flexibility index (Phi) is 5.29. The van der Waals surface area contributed by atoms with E-state index in [4.69, 9.17) is 0 Å². The predicted molar refractivity (Wildman–Crippen MR) is 82.4 cm³/mol. The quantitative estimate of drug-likeness (QED) is 0.766. The highest BCUT2D eigenvalue weighted by molar-refractivity contribution is 7.88. The van der Waals surface area contributed by atoms with E-state index >= 15 is 0 Å². The smallest absolute Gasteiger partial charge is 0.235 e. The summed E-state index contributed by atoms with van der Waals surface area (Å²) in [5.74, 6) is -0.397. The van der Waals surface area contributed by atoms with Crippen LogP contribution in [-0.2, 0) is 21.4 Å². The van der Waals surface area contributed by atoms with Crippen molar-refractivity contribution in [2.24, 2.45) is 0 Å². The highest BCUT2D eigenvalue weighted by Gasteiger charge is 2.16. The van der Waals surface area contributed by atoms with Gasteiger partial charge in [-0.25, -0.2) is 13.1 Å². The van der Waals surface area contributed by atoms with Gasteiger partial charge in [0.25, 0.3) is 0 Å². The fourth-order valence-electron chi connectivity index (χ4n) is 1.96. The lowest BCUT2D eigenvalue weighted by Crippen LogP contribution is -2.39. The minimum Gasteiger partial charge on any atom is -0.346 e. The zero-order chi connectivity index (χ0) is 16.0. The van der Waals surface area contributed by atoms with E-state index in [1.165, 1.54) is 0 Å². The standard InChI is InChI=1S/C14H18N4O3S/c1-22(20,21)16-10-14(19)17-13(11-18-9-5-8-15-18)12-6-3-2-4-7-12/h2-9,13,16H,10-11H2,1H3,(H,17,19)/t13-/m1/s1. The molecule has 2 N–H and O–H groups in total. The van der Waals surface area contributed by atoms with Gasteiger partial charge < -0.3 is 5.32 Å². The first-order valence-electron chi connectivity index (χ1n) is 6.70. The zero-order valence-electron chi connectivity index (χ0n) is 12.1. The number of hydrogen-bond acceptors (Lipinski definition) is 4. The Hall–Kier alpha value is -2.19. The number of sulfonamides is 1. The number of nitrogens with one attached hydrogen (secondary N) is 2. The Morgan fingerprint density at radius 3 is 2.59 bits per heavy atom. The van der Waals surface area contributed by atoms with Crippen molar-refractivity contribution in [3.05, 3.63) is 54.4 Å². The number of carbonyl (C=O) groups is 1. The predicted octanol–water partition coefficient (Wildman–Crippen LogP) is 0.290. The van der Waals surface area contributed by atoms with Gasteiger partial charge in [0.1, 0.15) is 0 Å². The molecule has 0 aliphatic heterocycles. The van der Waals surface area contributed by atoms with E-state index in [2.05, 4.69) is 15.1 Å². The molecule has 22 heavy (non-hydrogen) atoms. The monoisotopic (exact) mass is 322 g/mol. The number of benzene rings is 1. The number of aromatic nitrogens is 2. The van der Waals surface area contributed by atoms with Gasteiger partial charge in [-0.05, 0) is 11.6 Å². The maximum atomic E-state index is 11.9. The molecule has 1 amide bonds. The zero-order valence-corrected chi connectivity index (χ0v) is 13.0. The van der Waals surface area contributed by atoms with Crippen LogP contribution < -0.4 is 10.0 Å². The van der Waals surface area contributed by atoms with Crippen LogP contribution in [0.5, 0.6) is 0 Å². The number of nitrogens with zero attached hydrogens (tertiary/aromatic N) is 2. The SMILES string of the molecule is CS(=O)(=O)NCC(=O)N[C@H](Cn1cccn1)c1ccccc1. The number of amides is 1. The average Bonchev–Trinajstić information content (AvgIpc) is 2.98. The first kappa shape index (κ1) is 16.2. The van der Waals surface area contributed by atoms with Crippen LogP contribution >= 0.6 is 0 Å². The summed E-state index contributed by atoms with van der Waals surface area (Å²) in [6.07, 6.45) is 4.48. The summed E-state index contributed by atoms with van der Waals surface area (Å²) in [6, 6.07) is 11.0. The molecular formula is C14H18N4O3S. The largest absolute Gasteiger partial charge is 0.346 e. The van der Waals surface area contributed by atoms with E-state index in [9.17, 15) is 13.2 Å². The first-order chi connectivity index (χ1) is 10.4. The van der Waals surface area contributed by atoms with Crippen LogP contribution in [0.2, 0.25) is 0 Å². The summed E-state index contributed by atoms with van der Waals surface area (Å²) in [7, 11) is -3.40. The molecule has 0 saturated heterocycles. The third kappa shape index (κ3) is 5.30. The summed E-state index contributed by atoms with van der Waals surface area (Å²) in [6.45, 7) is 0.170. The van der Waals surface area contributed by atoms with Crippen LogP contribution in [0, 0.1) is 0 Å². The van der Waals surface area contributed by atoms with E-state index in [-0.39, 0.29) is 12.6 Å². The van der Waals surface area contributed by atoms with Crippen LogP contribution in [0.3, 0.4) is 0 Å². The van der Waals surface area contributed by atoms with Gasteiger partial charge in [0.05, 0.1) is 25.4 Å². The molecule has 0 radical (unpaired) electrons. The van der Waals surface area contributed by atoms with Crippen molar-refractivity contribution < 1.29 is 13.2 Å². The van der Waals surface area contributed by atoms with Crippen molar-refractivity contribution >= 4 is 15.9 Å². The minimum atomic E-state index is -3.40. The molecule has 0 aliphatic rings. The van der Waals surface area contributed by atoms with Crippen LogP contribution in [0.15, 0.2) is 48.8 Å². The Labute approximate surface area is 129 Å². The molecule has 0 unspecified atom stereocenters. The molecule has 118 valence electrons. The van der Waals surface area contributed by atoms with Gasteiger partial charge in [0, 0.05) is 12.4 Å². The van der Waals surface area contributed by atoms with Crippen molar-refractivity contribution in [3.8, 4) is 0 Å². The summed E-state index contributed by atoms with van der Waals surface area (Å²) in [4.78, 5) is 11.9. The van der Waals surface area contributed by atoms with Gasteiger partial charge in [0.2, 0.25) is 15.9 Å². The van der Waals surface area contributed by atoms with Gasteiger partial charge in [-0.1, -0.05) is 30.3 Å². The topological polar surface area (TPSA) is 93.1 Å². The lowest BCUT2D eigenvalue weighted by atomic mass is 10.1. The molecule has 0 fully saturated rings. The average molecular weight is 322 g/mol. The lowest BCUT2D eigenvalue weighted by molar-refractivity contribution is -0.120. The molecule has 1 atom stereocenters. The molecular weight excluding hydrogens is 304 g/mol. The second-order valence-corrected chi connectivity index (χ2v) is 6.69. The van der Waals surface area contributed by atoms with E-state index in [0.717, 1.165) is 11.8 Å². The van der Waals surface area contributed by atoms with Crippen LogP contribution in [0.1, 0.15) is 11.6 Å². The normalized spacial score (nSPS) is 12.8. The van der Waals surface area contributed by atoms with E-state index in [1.54, 1.807) is 23.1 Å². The minimum absolute atomic E-state index is 0.290. The van der Waals surface area contributed by atoms with Gasteiger partial charge in [-0.2, -0.15) is 5.10 Å². The third-order valence-electron chi connectivity index (χ3n) is 2.96. The fraction of sp³-hybridized carbons (Fsp3) is 0.286. The molecule has 2 rings (SSSR count). The van der Waals surface area contributed by atoms with Gasteiger partial charge in [-0.15, -0.1) is 0 Å². The molecule has 0 bridgehead atoms. The van der Waals surface area contributed by atoms with Crippen LogP contribution in [0.4, 0.5) is 0 Å². The molecule has 7 nitrogen and oxygen atoms in total. The molecule has 0 aliphatic carbocycles. The summed E-state index contributed by atoms with van der Waals surface area (Å²) >= 11 is 0. The Balaban J connectivity index is 2.06. The molecule has 0 saturated carbocycles. The Bertz CT molecular complexity index is 699. The lowest BCUT2D eigenvalue weighted by Gasteiger charge is -2.19. The van der Waals surface area contributed by atoms with Gasteiger partial charge >= 0.3 is 0 Å². The molecule has 8 heteroatoms. The summed E-state index contributed by atoms with van der Waals surface area (Å²) in [5, 5.41) is 6.95. The third-order valence-corrected chi connectivity index (χ3v) is 3.63. The molecule has 2 aromatic rings. The highest BCUT2D eigenvalue weighted by atomic mass is 32.2. The van der Waals surface area contributed by atoms with Crippen molar-refractivity contribution in [3.63, 3.8) is 0 Å². The molecule has 1 aromatic carbocycles. The molecule has 0 spiro atoms. The van der Waals surface area contributed by atoms with Crippen molar-refractivity contribution in [1.82, 2.24) is 19.8 Å². The second kappa shape index (κ2) is 7.19. The van der Waals surface area contributed by atoms with E-state index in [0.29, 0.717) is 6.54 Å². The van der Waals surface area contributed by atoms with Crippen molar-refractivity contribution in [2.75, 3.05) is 12.8 Å². The van der Waals surface area contributed by atoms with Crippen molar-refractivity contribution in [2.45, 2.75) is 12.6 Å². The van der Waals surface area contributed by atoms with Gasteiger partial charge in [-0.3, -0.25) is 9.48 Å². The number of rotatable bonds is 7.